The molecule has 2 aliphatic rings. The van der Waals surface area contributed by atoms with Crippen molar-refractivity contribution in [2.75, 3.05) is 44.8 Å². The van der Waals surface area contributed by atoms with E-state index in [0.717, 1.165) is 19.0 Å². The van der Waals surface area contributed by atoms with E-state index in [1.165, 1.54) is 22.9 Å². The summed E-state index contributed by atoms with van der Waals surface area (Å²) in [4.78, 5) is 29.2. The number of alkyl halides is 2. The van der Waals surface area contributed by atoms with Gasteiger partial charge in [-0.1, -0.05) is 25.4 Å². The third-order valence-corrected chi connectivity index (χ3v) is 8.34. The van der Waals surface area contributed by atoms with E-state index in [0.29, 0.717) is 32.8 Å². The predicted octanol–water partition coefficient (Wildman–Crippen LogP) is 5.44. The summed E-state index contributed by atoms with van der Waals surface area (Å²) in [6.45, 7) is 5.00. The molecule has 2 aliphatic heterocycles. The second-order valence-corrected chi connectivity index (χ2v) is 11.5. The van der Waals surface area contributed by atoms with Crippen LogP contribution in [0.3, 0.4) is 0 Å². The molecule has 9 nitrogen and oxygen atoms in total. The molecule has 0 saturated carbocycles. The first kappa shape index (κ1) is 32.1. The van der Waals surface area contributed by atoms with Gasteiger partial charge in [0.1, 0.15) is 5.54 Å². The predicted molar refractivity (Wildman–Crippen MR) is 150 cm³/mol. The second-order valence-electron chi connectivity index (χ2n) is 11.1. The number of halogens is 4. The number of anilines is 1. The van der Waals surface area contributed by atoms with Crippen LogP contribution in [-0.2, 0) is 24.6 Å². The van der Waals surface area contributed by atoms with E-state index in [1.807, 2.05) is 13.8 Å². The van der Waals surface area contributed by atoms with Gasteiger partial charge in [-0.3, -0.25) is 14.3 Å². The summed E-state index contributed by atoms with van der Waals surface area (Å²) in [6, 6.07) is 4.02. The number of carbonyl (C=O) groups is 2. The topological polar surface area (TPSA) is 94.9 Å². The zero-order valence-corrected chi connectivity index (χ0v) is 24.8. The summed E-state index contributed by atoms with van der Waals surface area (Å²) in [5, 5.41) is 7.17. The maximum Gasteiger partial charge on any atom is 0.387 e. The average Bonchev–Trinajstić information content (AvgIpc) is 3.35. The van der Waals surface area contributed by atoms with Gasteiger partial charge >= 0.3 is 12.6 Å². The van der Waals surface area contributed by atoms with E-state index >= 15 is 0 Å². The zero-order chi connectivity index (χ0) is 30.4. The van der Waals surface area contributed by atoms with Crippen LogP contribution in [0.2, 0.25) is 5.02 Å². The first-order valence-electron chi connectivity index (χ1n) is 14.3. The molecule has 2 saturated heterocycles. The minimum Gasteiger partial charge on any atom is -0.466 e. The fraction of sp³-hybridized carbons (Fsp3) is 0.621. The number of rotatable bonds is 11. The highest BCUT2D eigenvalue weighted by molar-refractivity contribution is 6.30. The number of carbonyl (C=O) groups excluding carboxylic acids is 2. The lowest BCUT2D eigenvalue weighted by molar-refractivity contribution is -0.152. The molecule has 1 aromatic heterocycles. The second kappa shape index (κ2) is 14.1. The van der Waals surface area contributed by atoms with Crippen molar-refractivity contribution in [1.82, 2.24) is 14.7 Å². The minimum atomic E-state index is -3.13. The quantitative estimate of drug-likeness (QED) is 0.337. The molecule has 0 unspecified atom stereocenters. The zero-order valence-electron chi connectivity index (χ0n) is 24.1. The molecular weight excluding hydrogens is 577 g/mol. The molecule has 2 fully saturated rings. The van der Waals surface area contributed by atoms with Gasteiger partial charge in [0.15, 0.2) is 11.6 Å². The number of hydrogen-bond donors (Lipinski definition) is 1. The molecule has 42 heavy (non-hydrogen) atoms. The third kappa shape index (κ3) is 7.20. The van der Waals surface area contributed by atoms with Gasteiger partial charge < -0.3 is 24.4 Å². The SMILES string of the molecule is CCOC(=O)[C@H](CN1CCC(C(=O)Nc2ccc(Cl)cc2OC(F)F)(n2ncc(F)c2C(C)C)CC1)C1CCOCC1. The molecule has 3 heterocycles. The summed E-state index contributed by atoms with van der Waals surface area (Å²) in [5.41, 5.74) is -1.06. The number of hydrogen-bond acceptors (Lipinski definition) is 7. The molecule has 0 spiro atoms. The molecule has 1 atom stereocenters. The summed E-state index contributed by atoms with van der Waals surface area (Å²) in [5.74, 6) is -2.11. The number of likely N-dealkylation sites (tertiary alicyclic amines) is 1. The molecule has 1 N–H and O–H groups in total. The largest absolute Gasteiger partial charge is 0.466 e. The van der Waals surface area contributed by atoms with Crippen molar-refractivity contribution in [3.8, 4) is 5.75 Å². The van der Waals surface area contributed by atoms with Gasteiger partial charge in [0.05, 0.1) is 30.1 Å². The van der Waals surface area contributed by atoms with Gasteiger partial charge in [-0.2, -0.15) is 13.9 Å². The van der Waals surface area contributed by atoms with Crippen molar-refractivity contribution < 1.29 is 37.0 Å². The lowest BCUT2D eigenvalue weighted by atomic mass is 9.82. The van der Waals surface area contributed by atoms with E-state index in [1.54, 1.807) is 6.92 Å². The first-order valence-corrected chi connectivity index (χ1v) is 14.7. The lowest BCUT2D eigenvalue weighted by Gasteiger charge is -2.43. The maximum absolute atomic E-state index is 14.9. The lowest BCUT2D eigenvalue weighted by Crippen LogP contribution is -2.55. The highest BCUT2D eigenvalue weighted by Gasteiger charge is 2.47. The maximum atomic E-state index is 14.9. The monoisotopic (exact) mass is 614 g/mol. The van der Waals surface area contributed by atoms with E-state index < -0.39 is 23.9 Å². The van der Waals surface area contributed by atoms with Crippen LogP contribution in [0.25, 0.3) is 0 Å². The number of nitrogens with zero attached hydrogens (tertiary/aromatic N) is 3. The Morgan fingerprint density at radius 2 is 1.90 bits per heavy atom. The van der Waals surface area contributed by atoms with E-state index in [4.69, 9.17) is 21.1 Å². The van der Waals surface area contributed by atoms with Crippen molar-refractivity contribution in [3.05, 3.63) is 40.9 Å². The van der Waals surface area contributed by atoms with Crippen molar-refractivity contribution in [2.24, 2.45) is 11.8 Å². The number of aromatic nitrogens is 2. The highest BCUT2D eigenvalue weighted by Crippen LogP contribution is 2.38. The highest BCUT2D eigenvalue weighted by atomic mass is 35.5. The van der Waals surface area contributed by atoms with Crippen LogP contribution < -0.4 is 10.1 Å². The number of esters is 1. The summed E-state index contributed by atoms with van der Waals surface area (Å²) < 4.78 is 58.1. The van der Waals surface area contributed by atoms with Crippen LogP contribution in [0, 0.1) is 17.7 Å². The van der Waals surface area contributed by atoms with E-state index in [2.05, 4.69) is 20.1 Å². The number of benzene rings is 1. The Labute approximate surface area is 248 Å². The van der Waals surface area contributed by atoms with Crippen LogP contribution in [0.5, 0.6) is 5.75 Å². The van der Waals surface area contributed by atoms with Gasteiger partial charge in [-0.05, 0) is 56.6 Å². The number of piperidine rings is 1. The van der Waals surface area contributed by atoms with Crippen molar-refractivity contribution >= 4 is 29.2 Å². The van der Waals surface area contributed by atoms with Crippen LogP contribution in [0.4, 0.5) is 18.9 Å². The summed E-state index contributed by atoms with van der Waals surface area (Å²) in [6.07, 6.45) is 3.09. The van der Waals surface area contributed by atoms with Crippen molar-refractivity contribution in [1.29, 1.82) is 0 Å². The average molecular weight is 615 g/mol. The molecule has 0 aliphatic carbocycles. The summed E-state index contributed by atoms with van der Waals surface area (Å²) in [7, 11) is 0. The van der Waals surface area contributed by atoms with Crippen molar-refractivity contribution in [3.63, 3.8) is 0 Å². The molecule has 2 aromatic rings. The molecular formula is C29H38ClF3N4O5. The molecule has 0 radical (unpaired) electrons. The van der Waals surface area contributed by atoms with Crippen LogP contribution in [0.15, 0.2) is 24.4 Å². The molecule has 1 amide bonds. The Kier molecular flexibility index (Phi) is 10.8. The fourth-order valence-electron chi connectivity index (χ4n) is 5.93. The summed E-state index contributed by atoms with van der Waals surface area (Å²) >= 11 is 5.98. The Balaban J connectivity index is 1.61. The number of nitrogens with one attached hydrogen (secondary N) is 1. The number of ether oxygens (including phenoxy) is 3. The molecule has 4 rings (SSSR count). The normalized spacial score (nSPS) is 18.7. The first-order chi connectivity index (χ1) is 20.1. The van der Waals surface area contributed by atoms with Crippen LogP contribution in [0.1, 0.15) is 58.1 Å². The van der Waals surface area contributed by atoms with E-state index in [-0.39, 0.29) is 65.3 Å². The van der Waals surface area contributed by atoms with E-state index in [9.17, 15) is 22.8 Å². The molecule has 232 valence electrons. The van der Waals surface area contributed by atoms with Gasteiger partial charge in [-0.15, -0.1) is 0 Å². The van der Waals surface area contributed by atoms with Gasteiger partial charge in [0.2, 0.25) is 0 Å². The Morgan fingerprint density at radius 3 is 2.52 bits per heavy atom. The van der Waals surface area contributed by atoms with Gasteiger partial charge in [0.25, 0.3) is 5.91 Å². The van der Waals surface area contributed by atoms with Crippen LogP contribution in [-0.4, -0.2) is 72.6 Å². The Hall–Kier alpha value is -2.83. The Bertz CT molecular complexity index is 1230. The third-order valence-electron chi connectivity index (χ3n) is 8.10. The molecule has 1 aromatic carbocycles. The Morgan fingerprint density at radius 1 is 1.21 bits per heavy atom. The van der Waals surface area contributed by atoms with Crippen LogP contribution >= 0.6 is 11.6 Å². The van der Waals surface area contributed by atoms with Crippen molar-refractivity contribution in [2.45, 2.75) is 64.5 Å². The molecule has 13 heteroatoms. The van der Waals surface area contributed by atoms with Gasteiger partial charge in [0, 0.05) is 43.9 Å². The standard InChI is InChI=1S/C29H38ClF3N4O5/c1-4-41-26(38)21(19-7-13-40-14-8-19)17-36-11-9-29(10-12-36,37-25(18(2)3)22(31)16-34-37)27(39)35-23-6-5-20(30)15-24(23)42-28(32)33/h5-6,15-16,18-19,21,28H,4,7-14,17H2,1-3H3,(H,35,39)/t21-/m1/s1. The number of amides is 1. The van der Waals surface area contributed by atoms with Gasteiger partial charge in [-0.25, -0.2) is 4.39 Å². The fourth-order valence-corrected chi connectivity index (χ4v) is 6.10. The molecule has 0 bridgehead atoms. The minimum absolute atomic E-state index is 0.00659. The smallest absolute Gasteiger partial charge is 0.387 e.